The average molecular weight is 719 g/mol. The van der Waals surface area contributed by atoms with E-state index >= 15 is 4.39 Å². The summed E-state index contributed by atoms with van der Waals surface area (Å²) >= 11 is 0. The van der Waals surface area contributed by atoms with Gasteiger partial charge in [-0.1, -0.05) is 11.1 Å². The fourth-order valence-electron chi connectivity index (χ4n) is 5.48. The van der Waals surface area contributed by atoms with Gasteiger partial charge < -0.3 is 30.4 Å². The Bertz CT molecular complexity index is 2000. The highest BCUT2D eigenvalue weighted by Crippen LogP contribution is 2.24. The second kappa shape index (κ2) is 17.0. The van der Waals surface area contributed by atoms with Gasteiger partial charge in [-0.05, 0) is 87.3 Å². The standard InChI is InChI=1S/C35H43FN8O6Si/c1-6-14-43(20-24-18-28-31(17-22(24)2)38-23(3)39-34(28)47)26-8-9-27(29(36)19-26)33(46)40-30(35(48)49)10-11-32(45)37-13-12-25-21-44(42-41-25)15-7-16-51(4,5)50/h1,8-9,17-19,21,30,50H,7,10-16,20H2,2-5H3,(H,37,45)(H,40,46)(H,48,49)(H,38,39,47)/t30-/m0/s1. The van der Waals surface area contributed by atoms with Crippen molar-refractivity contribution < 1.29 is 28.7 Å². The summed E-state index contributed by atoms with van der Waals surface area (Å²) in [5, 5.41) is 23.3. The molecule has 0 radical (unpaired) electrons. The van der Waals surface area contributed by atoms with E-state index in [1.807, 2.05) is 20.0 Å². The molecule has 0 bridgehead atoms. The summed E-state index contributed by atoms with van der Waals surface area (Å²) in [6.45, 7) is 8.54. The molecule has 4 rings (SSSR count). The van der Waals surface area contributed by atoms with Gasteiger partial charge in [-0.3, -0.25) is 19.1 Å². The number of benzene rings is 2. The molecule has 1 atom stereocenters. The molecule has 2 heterocycles. The first-order valence-corrected chi connectivity index (χ1v) is 19.7. The highest BCUT2D eigenvalue weighted by Gasteiger charge is 2.24. The molecule has 16 heteroatoms. The molecule has 14 nitrogen and oxygen atoms in total. The van der Waals surface area contributed by atoms with E-state index in [0.29, 0.717) is 41.1 Å². The molecule has 270 valence electrons. The molecule has 51 heavy (non-hydrogen) atoms. The minimum Gasteiger partial charge on any atom is -0.480 e. The molecule has 2 aromatic heterocycles. The third-order valence-electron chi connectivity index (χ3n) is 8.22. The molecule has 0 unspecified atom stereocenters. The van der Waals surface area contributed by atoms with Gasteiger partial charge in [0.1, 0.15) is 17.7 Å². The lowest BCUT2D eigenvalue weighted by Gasteiger charge is -2.24. The van der Waals surface area contributed by atoms with Gasteiger partial charge in [-0.15, -0.1) is 11.5 Å². The molecule has 5 N–H and O–H groups in total. The van der Waals surface area contributed by atoms with Crippen LogP contribution in [0.25, 0.3) is 10.9 Å². The van der Waals surface area contributed by atoms with Gasteiger partial charge in [-0.2, -0.15) is 0 Å². The number of aromatic amines is 1. The predicted octanol–water partition coefficient (Wildman–Crippen LogP) is 2.82. The van der Waals surface area contributed by atoms with Crippen molar-refractivity contribution in [1.29, 1.82) is 0 Å². The number of carbonyl (C=O) groups excluding carboxylic acids is 2. The average Bonchev–Trinajstić information content (AvgIpc) is 3.49. The number of nitrogens with one attached hydrogen (secondary N) is 3. The number of aromatic nitrogens is 5. The molecule has 0 saturated heterocycles. The summed E-state index contributed by atoms with van der Waals surface area (Å²) in [5.74, 6) is -0.584. The van der Waals surface area contributed by atoms with Crippen molar-refractivity contribution in [3.63, 3.8) is 0 Å². The number of aryl methyl sites for hydroxylation is 3. The SMILES string of the molecule is C#CCN(Cc1cc2c(=O)[nH]c(C)nc2cc1C)c1ccc(C(=O)N[C@@H](CCC(=O)NCCc2cn(CCC[Si](C)(C)O)nn2)C(=O)O)c(F)c1. The van der Waals surface area contributed by atoms with Crippen LogP contribution < -0.4 is 21.1 Å². The lowest BCUT2D eigenvalue weighted by molar-refractivity contribution is -0.139. The van der Waals surface area contributed by atoms with Crippen LogP contribution in [0.4, 0.5) is 10.1 Å². The van der Waals surface area contributed by atoms with Crippen molar-refractivity contribution in [2.24, 2.45) is 0 Å². The zero-order valence-corrected chi connectivity index (χ0v) is 30.1. The summed E-state index contributed by atoms with van der Waals surface area (Å²) in [4.78, 5) is 68.6. The first-order valence-electron chi connectivity index (χ1n) is 16.5. The Balaban J connectivity index is 1.32. The zero-order chi connectivity index (χ0) is 37.3. The minimum absolute atomic E-state index is 0.0967. The fraction of sp³-hybridized carbons (Fsp3) is 0.400. The number of anilines is 1. The minimum atomic E-state index is -2.12. The number of rotatable bonds is 17. The van der Waals surface area contributed by atoms with Gasteiger partial charge >= 0.3 is 5.97 Å². The van der Waals surface area contributed by atoms with E-state index in [1.54, 1.807) is 34.8 Å². The highest BCUT2D eigenvalue weighted by molar-refractivity contribution is 6.69. The van der Waals surface area contributed by atoms with E-state index in [1.165, 1.54) is 12.1 Å². The number of amides is 2. The second-order valence-electron chi connectivity index (χ2n) is 13.1. The molecule has 0 aliphatic carbocycles. The Labute approximate surface area is 295 Å². The molecule has 0 aliphatic heterocycles. The van der Waals surface area contributed by atoms with Crippen LogP contribution in [0.15, 0.2) is 41.3 Å². The van der Waals surface area contributed by atoms with Crippen LogP contribution in [0, 0.1) is 32.0 Å². The molecular formula is C35H43FN8O6Si. The number of nitrogens with zero attached hydrogens (tertiary/aromatic N) is 5. The molecular weight excluding hydrogens is 676 g/mol. The third-order valence-corrected chi connectivity index (χ3v) is 9.79. The number of aliphatic carboxylic acids is 1. The molecule has 0 aliphatic rings. The van der Waals surface area contributed by atoms with Crippen LogP contribution in [-0.2, 0) is 29.1 Å². The van der Waals surface area contributed by atoms with Crippen LogP contribution in [0.5, 0.6) is 0 Å². The molecule has 4 aromatic rings. The van der Waals surface area contributed by atoms with Crippen LogP contribution in [-0.4, -0.2) is 80.1 Å². The van der Waals surface area contributed by atoms with Gasteiger partial charge in [0.15, 0.2) is 8.32 Å². The first-order chi connectivity index (χ1) is 24.1. The van der Waals surface area contributed by atoms with E-state index in [0.717, 1.165) is 29.7 Å². The number of carboxylic acids is 1. The Morgan fingerprint density at radius 1 is 1.20 bits per heavy atom. The normalized spacial score (nSPS) is 11.9. The van der Waals surface area contributed by atoms with E-state index in [4.69, 9.17) is 6.42 Å². The maximum atomic E-state index is 15.3. The van der Waals surface area contributed by atoms with Crippen molar-refractivity contribution in [1.82, 2.24) is 35.6 Å². The van der Waals surface area contributed by atoms with Crippen LogP contribution in [0.1, 0.15) is 52.3 Å². The summed E-state index contributed by atoms with van der Waals surface area (Å²) < 4.78 is 17.0. The number of carboxylic acid groups (broad SMARTS) is 1. The Kier molecular flexibility index (Phi) is 12.8. The second-order valence-corrected chi connectivity index (χ2v) is 17.2. The van der Waals surface area contributed by atoms with E-state index < -0.39 is 38.0 Å². The maximum Gasteiger partial charge on any atom is 0.326 e. The summed E-state index contributed by atoms with van der Waals surface area (Å²) in [7, 11) is -2.12. The zero-order valence-electron chi connectivity index (χ0n) is 29.1. The number of hydrogen-bond acceptors (Lipinski definition) is 9. The molecule has 2 aromatic carbocycles. The van der Waals surface area contributed by atoms with Crippen LogP contribution >= 0.6 is 0 Å². The van der Waals surface area contributed by atoms with Gasteiger partial charge in [0, 0.05) is 44.4 Å². The van der Waals surface area contributed by atoms with E-state index in [2.05, 4.69) is 36.8 Å². The van der Waals surface area contributed by atoms with Gasteiger partial charge in [-0.25, -0.2) is 14.2 Å². The fourth-order valence-corrected chi connectivity index (χ4v) is 6.51. The van der Waals surface area contributed by atoms with Crippen molar-refractivity contribution >= 4 is 42.7 Å². The quantitative estimate of drug-likeness (QED) is 0.0800. The van der Waals surface area contributed by atoms with Crippen LogP contribution in [0.3, 0.4) is 0 Å². The van der Waals surface area contributed by atoms with Crippen LogP contribution in [0.2, 0.25) is 19.1 Å². The maximum absolute atomic E-state index is 15.3. The number of terminal acetylenes is 1. The third kappa shape index (κ3) is 11.0. The van der Waals surface area contributed by atoms with Crippen molar-refractivity contribution in [3.8, 4) is 12.3 Å². The van der Waals surface area contributed by atoms with Crippen molar-refractivity contribution in [2.75, 3.05) is 18.0 Å². The molecule has 2 amide bonds. The Hall–Kier alpha value is -5.40. The van der Waals surface area contributed by atoms with Gasteiger partial charge in [0.05, 0.1) is 28.7 Å². The Morgan fingerprint density at radius 3 is 2.65 bits per heavy atom. The summed E-state index contributed by atoms with van der Waals surface area (Å²) in [6.07, 6.45) is 8.18. The molecule has 0 fully saturated rings. The Morgan fingerprint density at radius 2 is 1.96 bits per heavy atom. The topological polar surface area (TPSA) is 195 Å². The number of fused-ring (bicyclic) bond motifs is 1. The lowest BCUT2D eigenvalue weighted by Crippen LogP contribution is -2.42. The van der Waals surface area contributed by atoms with E-state index in [9.17, 15) is 29.1 Å². The predicted molar refractivity (Wildman–Crippen MR) is 192 cm³/mol. The van der Waals surface area contributed by atoms with Gasteiger partial charge in [0.2, 0.25) is 5.91 Å². The first kappa shape index (κ1) is 38.4. The molecule has 0 spiro atoms. The van der Waals surface area contributed by atoms with Crippen molar-refractivity contribution in [3.05, 3.63) is 80.9 Å². The van der Waals surface area contributed by atoms with Gasteiger partial charge in [0.25, 0.3) is 11.5 Å². The largest absolute Gasteiger partial charge is 0.480 e. The number of H-pyrrole nitrogens is 1. The van der Waals surface area contributed by atoms with E-state index in [-0.39, 0.29) is 43.6 Å². The smallest absolute Gasteiger partial charge is 0.326 e. The summed E-state index contributed by atoms with van der Waals surface area (Å²) in [6, 6.07) is 6.72. The number of carbonyl (C=O) groups is 3. The number of hydrogen-bond donors (Lipinski definition) is 5. The van der Waals surface area contributed by atoms with Crippen molar-refractivity contribution in [2.45, 2.75) is 77.8 Å². The molecule has 0 saturated carbocycles. The summed E-state index contributed by atoms with van der Waals surface area (Å²) in [5.41, 5.74) is 2.57. The number of halogens is 1. The lowest BCUT2D eigenvalue weighted by atomic mass is 10.0. The monoisotopic (exact) mass is 718 g/mol. The highest BCUT2D eigenvalue weighted by atomic mass is 28.4.